The summed E-state index contributed by atoms with van der Waals surface area (Å²) in [5.74, 6) is 0.302. The standard InChI is InChI=1S/C14H23N3O2S2/c15-8-12-2-1-6-16(9-12)21(18,19)17(14-3-4-14)10-13-5-7-20-11-13/h5,7,11-12,14H,1-4,6,8-10,15H2. The van der Waals surface area contributed by atoms with Crippen LogP contribution in [0.4, 0.5) is 0 Å². The molecule has 2 aliphatic rings. The first kappa shape index (κ1) is 15.4. The Hall–Kier alpha value is -0.470. The van der Waals surface area contributed by atoms with Crippen LogP contribution in [-0.4, -0.2) is 42.7 Å². The number of hydrogen-bond acceptors (Lipinski definition) is 4. The van der Waals surface area contributed by atoms with E-state index in [2.05, 4.69) is 0 Å². The number of rotatable bonds is 6. The van der Waals surface area contributed by atoms with Crippen molar-refractivity contribution in [3.8, 4) is 0 Å². The summed E-state index contributed by atoms with van der Waals surface area (Å²) in [6, 6.07) is 2.20. The quantitative estimate of drug-likeness (QED) is 0.862. The molecule has 2 N–H and O–H groups in total. The topological polar surface area (TPSA) is 66.6 Å². The van der Waals surface area contributed by atoms with Gasteiger partial charge in [-0.1, -0.05) is 0 Å². The molecule has 1 aliphatic heterocycles. The van der Waals surface area contributed by atoms with Gasteiger partial charge in [-0.15, -0.1) is 0 Å². The number of hydrogen-bond donors (Lipinski definition) is 1. The van der Waals surface area contributed by atoms with Crippen molar-refractivity contribution < 1.29 is 8.42 Å². The van der Waals surface area contributed by atoms with Crippen molar-refractivity contribution in [1.29, 1.82) is 0 Å². The van der Waals surface area contributed by atoms with Crippen LogP contribution >= 0.6 is 11.3 Å². The van der Waals surface area contributed by atoms with Crippen LogP contribution in [0.1, 0.15) is 31.2 Å². The predicted molar refractivity (Wildman–Crippen MR) is 85.2 cm³/mol. The van der Waals surface area contributed by atoms with Crippen molar-refractivity contribution in [2.24, 2.45) is 11.7 Å². The molecule has 1 saturated carbocycles. The maximum absolute atomic E-state index is 13.0. The smallest absolute Gasteiger partial charge is 0.282 e. The lowest BCUT2D eigenvalue weighted by Crippen LogP contribution is -2.49. The van der Waals surface area contributed by atoms with E-state index in [0.29, 0.717) is 32.1 Å². The number of nitrogens with two attached hydrogens (primary N) is 1. The molecule has 118 valence electrons. The van der Waals surface area contributed by atoms with E-state index in [1.807, 2.05) is 16.8 Å². The fourth-order valence-corrected chi connectivity index (χ4v) is 5.52. The molecule has 3 rings (SSSR count). The van der Waals surface area contributed by atoms with E-state index in [-0.39, 0.29) is 6.04 Å². The lowest BCUT2D eigenvalue weighted by molar-refractivity contribution is 0.247. The highest BCUT2D eigenvalue weighted by Crippen LogP contribution is 2.33. The summed E-state index contributed by atoms with van der Waals surface area (Å²) < 4.78 is 29.3. The van der Waals surface area contributed by atoms with Gasteiger partial charge in [0.25, 0.3) is 10.2 Å². The Morgan fingerprint density at radius 2 is 2.19 bits per heavy atom. The summed E-state index contributed by atoms with van der Waals surface area (Å²) in [6.07, 6.45) is 3.92. The molecular formula is C14H23N3O2S2. The predicted octanol–water partition coefficient (Wildman–Crippen LogP) is 1.63. The van der Waals surface area contributed by atoms with E-state index in [1.54, 1.807) is 19.9 Å². The Morgan fingerprint density at radius 3 is 2.81 bits per heavy atom. The summed E-state index contributed by atoms with van der Waals surface area (Å²) in [6.45, 7) is 2.28. The van der Waals surface area contributed by atoms with Crippen molar-refractivity contribution in [3.05, 3.63) is 22.4 Å². The second-order valence-electron chi connectivity index (χ2n) is 6.02. The SMILES string of the molecule is NCC1CCCN(S(=O)(=O)N(Cc2ccsc2)C2CC2)C1. The molecule has 1 aromatic rings. The molecule has 2 heterocycles. The molecule has 7 heteroatoms. The van der Waals surface area contributed by atoms with Gasteiger partial charge in [0, 0.05) is 25.7 Å². The second kappa shape index (κ2) is 6.34. The van der Waals surface area contributed by atoms with Gasteiger partial charge in [-0.2, -0.15) is 28.4 Å². The third kappa shape index (κ3) is 3.48. The highest BCUT2D eigenvalue weighted by atomic mass is 32.2. The first-order valence-corrected chi connectivity index (χ1v) is 9.93. The second-order valence-corrected chi connectivity index (χ2v) is 8.68. The van der Waals surface area contributed by atoms with Gasteiger partial charge < -0.3 is 5.73 Å². The first-order chi connectivity index (χ1) is 10.1. The van der Waals surface area contributed by atoms with E-state index in [9.17, 15) is 8.42 Å². The van der Waals surface area contributed by atoms with Gasteiger partial charge in [-0.25, -0.2) is 0 Å². The van der Waals surface area contributed by atoms with Crippen molar-refractivity contribution in [2.75, 3.05) is 19.6 Å². The van der Waals surface area contributed by atoms with Crippen molar-refractivity contribution in [3.63, 3.8) is 0 Å². The monoisotopic (exact) mass is 329 g/mol. The summed E-state index contributed by atoms with van der Waals surface area (Å²) in [5, 5.41) is 4.03. The van der Waals surface area contributed by atoms with Crippen LogP contribution in [0.5, 0.6) is 0 Å². The summed E-state index contributed by atoms with van der Waals surface area (Å²) in [4.78, 5) is 0. The molecule has 2 fully saturated rings. The van der Waals surface area contributed by atoms with Gasteiger partial charge >= 0.3 is 0 Å². The summed E-state index contributed by atoms with van der Waals surface area (Å²) >= 11 is 1.61. The van der Waals surface area contributed by atoms with E-state index in [4.69, 9.17) is 5.73 Å². The largest absolute Gasteiger partial charge is 0.330 e. The van der Waals surface area contributed by atoms with Crippen molar-refractivity contribution in [1.82, 2.24) is 8.61 Å². The first-order valence-electron chi connectivity index (χ1n) is 7.59. The fourth-order valence-electron chi connectivity index (χ4n) is 2.90. The Balaban J connectivity index is 1.77. The molecule has 1 unspecified atom stereocenters. The molecule has 5 nitrogen and oxygen atoms in total. The molecule has 1 saturated heterocycles. The Morgan fingerprint density at radius 1 is 1.38 bits per heavy atom. The Kier molecular flexibility index (Phi) is 4.66. The highest BCUT2D eigenvalue weighted by Gasteiger charge is 2.41. The van der Waals surface area contributed by atoms with E-state index >= 15 is 0 Å². The summed E-state index contributed by atoms with van der Waals surface area (Å²) in [7, 11) is -3.36. The van der Waals surface area contributed by atoms with Crippen LogP contribution in [0.15, 0.2) is 16.8 Å². The van der Waals surface area contributed by atoms with Crippen LogP contribution in [-0.2, 0) is 16.8 Å². The third-order valence-electron chi connectivity index (χ3n) is 4.31. The normalized spacial score (nSPS) is 24.6. The minimum absolute atomic E-state index is 0.188. The maximum Gasteiger partial charge on any atom is 0.282 e. The number of piperidine rings is 1. The van der Waals surface area contributed by atoms with Crippen molar-refractivity contribution >= 4 is 21.5 Å². The molecule has 0 radical (unpaired) electrons. The molecule has 21 heavy (non-hydrogen) atoms. The van der Waals surface area contributed by atoms with Gasteiger partial charge in [-0.3, -0.25) is 0 Å². The Bertz CT molecular complexity index is 555. The van der Waals surface area contributed by atoms with Gasteiger partial charge in [0.2, 0.25) is 0 Å². The zero-order chi connectivity index (χ0) is 14.9. The van der Waals surface area contributed by atoms with Crippen LogP contribution in [0.25, 0.3) is 0 Å². The molecule has 1 aromatic heterocycles. The van der Waals surface area contributed by atoms with Gasteiger partial charge in [0.1, 0.15) is 0 Å². The highest BCUT2D eigenvalue weighted by molar-refractivity contribution is 7.86. The molecule has 0 spiro atoms. The molecular weight excluding hydrogens is 306 g/mol. The minimum atomic E-state index is -3.36. The lowest BCUT2D eigenvalue weighted by atomic mass is 10.0. The average Bonchev–Trinajstić information content (AvgIpc) is 3.20. The zero-order valence-electron chi connectivity index (χ0n) is 12.1. The molecule has 0 bridgehead atoms. The third-order valence-corrected chi connectivity index (χ3v) is 7.05. The molecule has 1 atom stereocenters. The van der Waals surface area contributed by atoms with Crippen molar-refractivity contribution in [2.45, 2.75) is 38.3 Å². The fraction of sp³-hybridized carbons (Fsp3) is 0.714. The summed E-state index contributed by atoms with van der Waals surface area (Å²) in [5.41, 5.74) is 6.82. The van der Waals surface area contributed by atoms with Crippen LogP contribution in [0, 0.1) is 5.92 Å². The van der Waals surface area contributed by atoms with Crippen LogP contribution < -0.4 is 5.73 Å². The molecule has 0 amide bonds. The van der Waals surface area contributed by atoms with Gasteiger partial charge in [0.05, 0.1) is 0 Å². The van der Waals surface area contributed by atoms with E-state index < -0.39 is 10.2 Å². The Labute approximate surface area is 130 Å². The minimum Gasteiger partial charge on any atom is -0.330 e. The lowest BCUT2D eigenvalue weighted by Gasteiger charge is -2.35. The van der Waals surface area contributed by atoms with Crippen LogP contribution in [0.3, 0.4) is 0 Å². The van der Waals surface area contributed by atoms with Gasteiger partial charge in [-0.05, 0) is 60.5 Å². The van der Waals surface area contributed by atoms with E-state index in [0.717, 1.165) is 31.2 Å². The molecule has 0 aromatic carbocycles. The zero-order valence-corrected chi connectivity index (χ0v) is 13.8. The molecule has 1 aliphatic carbocycles. The van der Waals surface area contributed by atoms with Crippen LogP contribution in [0.2, 0.25) is 0 Å². The maximum atomic E-state index is 13.0. The van der Waals surface area contributed by atoms with E-state index in [1.165, 1.54) is 0 Å². The average molecular weight is 329 g/mol. The van der Waals surface area contributed by atoms with Gasteiger partial charge in [0.15, 0.2) is 0 Å². The number of thiophene rings is 1. The number of nitrogens with zero attached hydrogens (tertiary/aromatic N) is 2.